The Morgan fingerprint density at radius 1 is 1.05 bits per heavy atom. The van der Waals surface area contributed by atoms with Crippen molar-refractivity contribution in [2.75, 3.05) is 5.32 Å². The Bertz CT molecular complexity index is 643. The highest BCUT2D eigenvalue weighted by Crippen LogP contribution is 2.17. The molecule has 0 spiro atoms. The normalized spacial score (nSPS) is 11.5. The Hall–Kier alpha value is -2.33. The molecule has 0 bridgehead atoms. The number of ether oxygens (including phenoxy) is 1. The van der Waals surface area contributed by atoms with Crippen LogP contribution >= 0.6 is 11.6 Å². The van der Waals surface area contributed by atoms with Crippen LogP contribution in [-0.2, 0) is 9.53 Å². The summed E-state index contributed by atoms with van der Waals surface area (Å²) < 4.78 is 5.12. The predicted octanol–water partition coefficient (Wildman–Crippen LogP) is 3.52. The van der Waals surface area contributed by atoms with Gasteiger partial charge < -0.3 is 10.1 Å². The predicted molar refractivity (Wildman–Crippen MR) is 81.4 cm³/mol. The van der Waals surface area contributed by atoms with Gasteiger partial charge in [-0.1, -0.05) is 41.9 Å². The lowest BCUT2D eigenvalue weighted by molar-refractivity contribution is -0.123. The highest BCUT2D eigenvalue weighted by Gasteiger charge is 2.20. The van der Waals surface area contributed by atoms with Crippen molar-refractivity contribution in [2.24, 2.45) is 0 Å². The Balaban J connectivity index is 1.98. The summed E-state index contributed by atoms with van der Waals surface area (Å²) in [4.78, 5) is 23.9. The lowest BCUT2D eigenvalue weighted by Crippen LogP contribution is -2.30. The van der Waals surface area contributed by atoms with E-state index in [9.17, 15) is 9.59 Å². The minimum atomic E-state index is -0.922. The van der Waals surface area contributed by atoms with Crippen molar-refractivity contribution in [3.63, 3.8) is 0 Å². The number of esters is 1. The van der Waals surface area contributed by atoms with E-state index in [2.05, 4.69) is 5.32 Å². The molecule has 4 nitrogen and oxygen atoms in total. The third-order valence-corrected chi connectivity index (χ3v) is 3.12. The molecule has 5 heteroatoms. The van der Waals surface area contributed by atoms with Gasteiger partial charge in [-0.05, 0) is 31.2 Å². The summed E-state index contributed by atoms with van der Waals surface area (Å²) in [6.45, 7) is 1.51. The Labute approximate surface area is 127 Å². The molecule has 0 aliphatic carbocycles. The molecule has 2 aromatic rings. The van der Waals surface area contributed by atoms with Crippen LogP contribution < -0.4 is 5.32 Å². The molecule has 0 unspecified atom stereocenters. The van der Waals surface area contributed by atoms with Crippen molar-refractivity contribution in [1.82, 2.24) is 0 Å². The largest absolute Gasteiger partial charge is 0.449 e. The van der Waals surface area contributed by atoms with Crippen molar-refractivity contribution in [2.45, 2.75) is 13.0 Å². The molecule has 0 saturated carbocycles. The summed E-state index contributed by atoms with van der Waals surface area (Å²) in [7, 11) is 0. The third-order valence-electron chi connectivity index (χ3n) is 2.79. The molecule has 0 aliphatic rings. The molecule has 0 saturated heterocycles. The van der Waals surface area contributed by atoms with Crippen molar-refractivity contribution < 1.29 is 14.3 Å². The molecule has 0 aromatic heterocycles. The maximum absolute atomic E-state index is 11.9. The van der Waals surface area contributed by atoms with Gasteiger partial charge in [-0.25, -0.2) is 4.79 Å². The van der Waals surface area contributed by atoms with E-state index in [1.54, 1.807) is 48.5 Å². The molecule has 1 atom stereocenters. The molecule has 2 aromatic carbocycles. The van der Waals surface area contributed by atoms with Crippen molar-refractivity contribution in [3.8, 4) is 0 Å². The lowest BCUT2D eigenvalue weighted by atomic mass is 10.2. The molecule has 0 aliphatic heterocycles. The fourth-order valence-corrected chi connectivity index (χ4v) is 1.88. The second-order valence-electron chi connectivity index (χ2n) is 4.38. The molecule has 0 fully saturated rings. The quantitative estimate of drug-likeness (QED) is 0.879. The monoisotopic (exact) mass is 303 g/mol. The zero-order valence-corrected chi connectivity index (χ0v) is 12.1. The first-order valence-corrected chi connectivity index (χ1v) is 6.77. The average molecular weight is 304 g/mol. The highest BCUT2D eigenvalue weighted by molar-refractivity contribution is 6.33. The summed E-state index contributed by atoms with van der Waals surface area (Å²) >= 11 is 5.91. The summed E-state index contributed by atoms with van der Waals surface area (Å²) in [6, 6.07) is 15.5. The average Bonchev–Trinajstić information content (AvgIpc) is 2.48. The topological polar surface area (TPSA) is 55.4 Å². The lowest BCUT2D eigenvalue weighted by Gasteiger charge is -2.14. The summed E-state index contributed by atoms with van der Waals surface area (Å²) in [5.41, 5.74) is 0.877. The minimum absolute atomic E-state index is 0.235. The number of rotatable bonds is 4. The van der Waals surface area contributed by atoms with Gasteiger partial charge in [-0.3, -0.25) is 4.79 Å². The maximum atomic E-state index is 11.9. The van der Waals surface area contributed by atoms with E-state index >= 15 is 0 Å². The number of hydrogen-bond donors (Lipinski definition) is 1. The Morgan fingerprint density at radius 3 is 2.33 bits per heavy atom. The van der Waals surface area contributed by atoms with Crippen LogP contribution in [0.1, 0.15) is 17.3 Å². The number of nitrogens with one attached hydrogen (secondary N) is 1. The van der Waals surface area contributed by atoms with Gasteiger partial charge in [0.15, 0.2) is 6.10 Å². The zero-order valence-electron chi connectivity index (χ0n) is 11.4. The van der Waals surface area contributed by atoms with Crippen LogP contribution in [0.25, 0.3) is 0 Å². The smallest absolute Gasteiger partial charge is 0.340 e. The fourth-order valence-electron chi connectivity index (χ4n) is 1.67. The van der Waals surface area contributed by atoms with Crippen LogP contribution in [0.4, 0.5) is 5.69 Å². The van der Waals surface area contributed by atoms with Crippen LogP contribution in [0.5, 0.6) is 0 Å². The zero-order chi connectivity index (χ0) is 15.2. The van der Waals surface area contributed by atoms with Crippen LogP contribution in [0.2, 0.25) is 5.02 Å². The SMILES string of the molecule is C[C@@H](OC(=O)c1ccccc1Cl)C(=O)Nc1ccccc1. The molecule has 1 amide bonds. The number of carbonyl (C=O) groups is 2. The number of hydrogen-bond acceptors (Lipinski definition) is 3. The summed E-state index contributed by atoms with van der Waals surface area (Å²) in [5, 5.41) is 2.95. The van der Waals surface area contributed by atoms with Crippen molar-refractivity contribution >= 4 is 29.2 Å². The number of para-hydroxylation sites is 1. The number of halogens is 1. The molecule has 1 N–H and O–H groups in total. The van der Waals surface area contributed by atoms with Gasteiger partial charge in [0.25, 0.3) is 5.91 Å². The van der Waals surface area contributed by atoms with E-state index in [0.717, 1.165) is 0 Å². The fraction of sp³-hybridized carbons (Fsp3) is 0.125. The number of benzene rings is 2. The van der Waals surface area contributed by atoms with E-state index in [1.165, 1.54) is 6.92 Å². The standard InChI is InChI=1S/C16H14ClNO3/c1-11(15(19)18-12-7-3-2-4-8-12)21-16(20)13-9-5-6-10-14(13)17/h2-11H,1H3,(H,18,19)/t11-/m1/s1. The van der Waals surface area contributed by atoms with Crippen LogP contribution in [0.3, 0.4) is 0 Å². The summed E-state index contributed by atoms with van der Waals surface area (Å²) in [6.07, 6.45) is -0.922. The molecule has 0 heterocycles. The highest BCUT2D eigenvalue weighted by atomic mass is 35.5. The second-order valence-corrected chi connectivity index (χ2v) is 4.79. The third kappa shape index (κ3) is 4.07. The van der Waals surface area contributed by atoms with Gasteiger partial charge in [0.05, 0.1) is 10.6 Å². The number of carbonyl (C=O) groups excluding carboxylic acids is 2. The van der Waals surface area contributed by atoms with Gasteiger partial charge in [-0.15, -0.1) is 0 Å². The maximum Gasteiger partial charge on any atom is 0.340 e. The van der Waals surface area contributed by atoms with Crippen LogP contribution in [-0.4, -0.2) is 18.0 Å². The number of amides is 1. The van der Waals surface area contributed by atoms with Crippen LogP contribution in [0, 0.1) is 0 Å². The van der Waals surface area contributed by atoms with E-state index in [1.807, 2.05) is 6.07 Å². The molecular weight excluding hydrogens is 290 g/mol. The molecule has 21 heavy (non-hydrogen) atoms. The van der Waals surface area contributed by atoms with E-state index < -0.39 is 18.0 Å². The Kier molecular flexibility index (Phi) is 4.95. The van der Waals surface area contributed by atoms with E-state index in [-0.39, 0.29) is 10.6 Å². The van der Waals surface area contributed by atoms with E-state index in [0.29, 0.717) is 5.69 Å². The molecular formula is C16H14ClNO3. The molecule has 0 radical (unpaired) electrons. The van der Waals surface area contributed by atoms with Gasteiger partial charge >= 0.3 is 5.97 Å². The first-order valence-electron chi connectivity index (χ1n) is 6.39. The molecule has 108 valence electrons. The van der Waals surface area contributed by atoms with Gasteiger partial charge in [0.1, 0.15) is 0 Å². The minimum Gasteiger partial charge on any atom is -0.449 e. The van der Waals surface area contributed by atoms with Crippen LogP contribution in [0.15, 0.2) is 54.6 Å². The molecule has 2 rings (SSSR count). The van der Waals surface area contributed by atoms with Gasteiger partial charge in [0, 0.05) is 5.69 Å². The van der Waals surface area contributed by atoms with E-state index in [4.69, 9.17) is 16.3 Å². The van der Waals surface area contributed by atoms with Crippen molar-refractivity contribution in [1.29, 1.82) is 0 Å². The first-order chi connectivity index (χ1) is 10.1. The summed E-state index contributed by atoms with van der Waals surface area (Å²) in [5.74, 6) is -1.03. The number of anilines is 1. The first kappa shape index (κ1) is 15.1. The van der Waals surface area contributed by atoms with Gasteiger partial charge in [-0.2, -0.15) is 0 Å². The second kappa shape index (κ2) is 6.90. The van der Waals surface area contributed by atoms with Gasteiger partial charge in [0.2, 0.25) is 0 Å². The van der Waals surface area contributed by atoms with Crippen molar-refractivity contribution in [3.05, 3.63) is 65.2 Å². The Morgan fingerprint density at radius 2 is 1.67 bits per heavy atom.